The van der Waals surface area contributed by atoms with Crippen LogP contribution in [-0.2, 0) is 4.79 Å². The summed E-state index contributed by atoms with van der Waals surface area (Å²) >= 11 is 1.49. The molecule has 0 fully saturated rings. The number of hydrogen-bond donors (Lipinski definition) is 1. The standard InChI is InChI=1S/C21H17FN2O2S/c1-24-19(17-11-6-12-27-17)18(13-7-2-3-8-14(13)21(24)26)20(25)23-16-10-5-4-9-15(16)22/h2-12,18-19H,1H3,(H,23,25). The predicted molar refractivity (Wildman–Crippen MR) is 103 cm³/mol. The lowest BCUT2D eigenvalue weighted by molar-refractivity contribution is -0.119. The van der Waals surface area contributed by atoms with Crippen LogP contribution in [-0.4, -0.2) is 23.8 Å². The molecule has 2 heterocycles. The van der Waals surface area contributed by atoms with Gasteiger partial charge in [0.1, 0.15) is 5.82 Å². The largest absolute Gasteiger partial charge is 0.333 e. The zero-order valence-electron chi connectivity index (χ0n) is 14.6. The number of para-hydroxylation sites is 1. The minimum Gasteiger partial charge on any atom is -0.333 e. The molecule has 2 unspecified atom stereocenters. The zero-order valence-corrected chi connectivity index (χ0v) is 15.4. The van der Waals surface area contributed by atoms with E-state index in [9.17, 15) is 14.0 Å². The minimum absolute atomic E-state index is 0.126. The number of carbonyl (C=O) groups is 2. The first-order valence-corrected chi connectivity index (χ1v) is 9.41. The first-order valence-electron chi connectivity index (χ1n) is 8.53. The molecule has 0 radical (unpaired) electrons. The fraction of sp³-hybridized carbons (Fsp3) is 0.143. The van der Waals surface area contributed by atoms with E-state index in [1.807, 2.05) is 23.6 Å². The van der Waals surface area contributed by atoms with Gasteiger partial charge in [-0.25, -0.2) is 4.39 Å². The summed E-state index contributed by atoms with van der Waals surface area (Å²) < 4.78 is 14.0. The number of hydrogen-bond acceptors (Lipinski definition) is 3. The number of amides is 2. The topological polar surface area (TPSA) is 49.4 Å². The minimum atomic E-state index is -0.637. The van der Waals surface area contributed by atoms with E-state index in [-0.39, 0.29) is 17.5 Å². The van der Waals surface area contributed by atoms with E-state index in [1.54, 1.807) is 42.3 Å². The van der Waals surface area contributed by atoms with Gasteiger partial charge < -0.3 is 10.2 Å². The van der Waals surface area contributed by atoms with Gasteiger partial charge in [-0.15, -0.1) is 11.3 Å². The van der Waals surface area contributed by atoms with Crippen molar-refractivity contribution < 1.29 is 14.0 Å². The number of carbonyl (C=O) groups excluding carboxylic acids is 2. The van der Waals surface area contributed by atoms with Gasteiger partial charge in [-0.2, -0.15) is 0 Å². The number of benzene rings is 2. The highest BCUT2D eigenvalue weighted by Crippen LogP contribution is 2.43. The second kappa shape index (κ2) is 6.96. The monoisotopic (exact) mass is 380 g/mol. The molecule has 3 aromatic rings. The van der Waals surface area contributed by atoms with Gasteiger partial charge in [0.2, 0.25) is 5.91 Å². The molecule has 0 saturated carbocycles. The molecule has 0 bridgehead atoms. The molecule has 1 N–H and O–H groups in total. The van der Waals surface area contributed by atoms with Gasteiger partial charge >= 0.3 is 0 Å². The summed E-state index contributed by atoms with van der Waals surface area (Å²) in [5.41, 5.74) is 1.29. The van der Waals surface area contributed by atoms with E-state index in [0.29, 0.717) is 11.1 Å². The molecule has 2 amide bonds. The zero-order chi connectivity index (χ0) is 19.0. The Labute approximate surface area is 160 Å². The number of halogens is 1. The van der Waals surface area contributed by atoms with E-state index in [0.717, 1.165) is 4.88 Å². The Morgan fingerprint density at radius 1 is 1.07 bits per heavy atom. The predicted octanol–water partition coefficient (Wildman–Crippen LogP) is 4.44. The normalized spacial score (nSPS) is 18.9. The van der Waals surface area contributed by atoms with Gasteiger partial charge in [0, 0.05) is 17.5 Å². The van der Waals surface area contributed by atoms with E-state index in [1.165, 1.54) is 23.5 Å². The lowest BCUT2D eigenvalue weighted by Gasteiger charge is -2.39. The quantitative estimate of drug-likeness (QED) is 0.730. The number of likely N-dealkylation sites (N-methyl/N-ethyl adjacent to an activating group) is 1. The van der Waals surface area contributed by atoms with Crippen molar-refractivity contribution in [3.05, 3.63) is 87.9 Å². The van der Waals surface area contributed by atoms with E-state index in [4.69, 9.17) is 0 Å². The number of nitrogens with one attached hydrogen (secondary N) is 1. The van der Waals surface area contributed by atoms with Crippen LogP contribution < -0.4 is 5.32 Å². The number of thiophene rings is 1. The highest BCUT2D eigenvalue weighted by molar-refractivity contribution is 7.10. The summed E-state index contributed by atoms with van der Waals surface area (Å²) in [5.74, 6) is -1.60. The molecule has 1 aliphatic rings. The third kappa shape index (κ3) is 3.02. The number of rotatable bonds is 3. The smallest absolute Gasteiger partial charge is 0.254 e. The van der Waals surface area contributed by atoms with Crippen LogP contribution in [0.25, 0.3) is 0 Å². The van der Waals surface area contributed by atoms with Crippen LogP contribution in [0.3, 0.4) is 0 Å². The molecule has 1 aliphatic heterocycles. The van der Waals surface area contributed by atoms with E-state index < -0.39 is 17.8 Å². The molecule has 136 valence electrons. The van der Waals surface area contributed by atoms with E-state index in [2.05, 4.69) is 5.32 Å². The van der Waals surface area contributed by atoms with Crippen molar-refractivity contribution >= 4 is 28.8 Å². The first kappa shape index (κ1) is 17.4. The van der Waals surface area contributed by atoms with Gasteiger partial charge in [0.05, 0.1) is 17.6 Å². The summed E-state index contributed by atoms with van der Waals surface area (Å²) in [6, 6.07) is 16.5. The van der Waals surface area contributed by atoms with Crippen molar-refractivity contribution in [2.24, 2.45) is 0 Å². The molecule has 0 aliphatic carbocycles. The SMILES string of the molecule is CN1C(=O)c2ccccc2C(C(=O)Nc2ccccc2F)C1c1cccs1. The fourth-order valence-corrected chi connectivity index (χ4v) is 4.45. The van der Waals surface area contributed by atoms with Gasteiger partial charge in [-0.3, -0.25) is 9.59 Å². The van der Waals surface area contributed by atoms with E-state index >= 15 is 0 Å². The molecular weight excluding hydrogens is 363 g/mol. The van der Waals surface area contributed by atoms with Gasteiger partial charge in [0.15, 0.2) is 0 Å². The van der Waals surface area contributed by atoms with Crippen LogP contribution in [0.5, 0.6) is 0 Å². The van der Waals surface area contributed by atoms with Crippen LogP contribution in [0, 0.1) is 5.82 Å². The summed E-state index contributed by atoms with van der Waals surface area (Å²) in [5, 5.41) is 4.62. The molecule has 4 nitrogen and oxygen atoms in total. The highest BCUT2D eigenvalue weighted by atomic mass is 32.1. The van der Waals surface area contributed by atoms with Crippen molar-refractivity contribution in [3.63, 3.8) is 0 Å². The molecule has 6 heteroatoms. The first-order chi connectivity index (χ1) is 13.1. The third-order valence-electron chi connectivity index (χ3n) is 4.83. The van der Waals surface area contributed by atoms with Crippen molar-refractivity contribution in [1.29, 1.82) is 0 Å². The number of fused-ring (bicyclic) bond motifs is 1. The molecule has 0 saturated heterocycles. The van der Waals surface area contributed by atoms with Crippen molar-refractivity contribution in [3.8, 4) is 0 Å². The van der Waals surface area contributed by atoms with Crippen LogP contribution in [0.1, 0.15) is 32.8 Å². The average molecular weight is 380 g/mol. The van der Waals surface area contributed by atoms with Gasteiger partial charge in [0.25, 0.3) is 5.91 Å². The second-order valence-corrected chi connectivity index (χ2v) is 7.39. The average Bonchev–Trinajstić information content (AvgIpc) is 3.20. The Balaban J connectivity index is 1.81. The molecule has 2 aromatic carbocycles. The summed E-state index contributed by atoms with van der Waals surface area (Å²) in [6.07, 6.45) is 0. The Morgan fingerprint density at radius 2 is 1.81 bits per heavy atom. The fourth-order valence-electron chi connectivity index (χ4n) is 3.55. The Morgan fingerprint density at radius 3 is 2.56 bits per heavy atom. The summed E-state index contributed by atoms with van der Waals surface area (Å²) in [7, 11) is 1.70. The molecule has 2 atom stereocenters. The van der Waals surface area contributed by atoms with Gasteiger partial charge in [-0.05, 0) is 35.2 Å². The molecule has 0 spiro atoms. The number of nitrogens with zero attached hydrogens (tertiary/aromatic N) is 1. The van der Waals surface area contributed by atoms with Crippen LogP contribution in [0.2, 0.25) is 0 Å². The maximum atomic E-state index is 14.0. The molecule has 4 rings (SSSR count). The lowest BCUT2D eigenvalue weighted by atomic mass is 9.81. The molecule has 1 aromatic heterocycles. The Bertz CT molecular complexity index is 1000. The van der Waals surface area contributed by atoms with Crippen molar-refractivity contribution in [2.45, 2.75) is 12.0 Å². The number of anilines is 1. The van der Waals surface area contributed by atoms with Crippen LogP contribution in [0.15, 0.2) is 66.0 Å². The summed E-state index contributed by atoms with van der Waals surface area (Å²) in [6.45, 7) is 0. The third-order valence-corrected chi connectivity index (χ3v) is 5.77. The molecular formula is C21H17FN2O2S. The second-order valence-electron chi connectivity index (χ2n) is 6.41. The molecule has 27 heavy (non-hydrogen) atoms. The maximum Gasteiger partial charge on any atom is 0.254 e. The Hall–Kier alpha value is -2.99. The lowest BCUT2D eigenvalue weighted by Crippen LogP contribution is -2.43. The highest BCUT2D eigenvalue weighted by Gasteiger charge is 2.43. The van der Waals surface area contributed by atoms with Crippen LogP contribution in [0.4, 0.5) is 10.1 Å². The van der Waals surface area contributed by atoms with Crippen LogP contribution >= 0.6 is 11.3 Å². The maximum absolute atomic E-state index is 14.0. The van der Waals surface area contributed by atoms with Crippen molar-refractivity contribution in [2.75, 3.05) is 12.4 Å². The summed E-state index contributed by atoms with van der Waals surface area (Å²) in [4.78, 5) is 28.6. The van der Waals surface area contributed by atoms with Crippen molar-refractivity contribution in [1.82, 2.24) is 4.90 Å². The Kier molecular flexibility index (Phi) is 4.49. The van der Waals surface area contributed by atoms with Gasteiger partial charge in [-0.1, -0.05) is 36.4 Å².